The van der Waals surface area contributed by atoms with Crippen LogP contribution in [0.1, 0.15) is 42.0 Å². The van der Waals surface area contributed by atoms with Crippen molar-refractivity contribution in [2.75, 3.05) is 0 Å². The lowest BCUT2D eigenvalue weighted by atomic mass is 10.1. The first-order chi connectivity index (χ1) is 12.4. The Hall–Kier alpha value is -2.70. The van der Waals surface area contributed by atoms with E-state index in [-0.39, 0.29) is 5.56 Å². The highest BCUT2D eigenvalue weighted by Gasteiger charge is 2.19. The van der Waals surface area contributed by atoms with E-state index < -0.39 is 11.9 Å². The zero-order chi connectivity index (χ0) is 18.8. The van der Waals surface area contributed by atoms with E-state index in [0.29, 0.717) is 39.4 Å². The number of nitrogens with two attached hydrogens (primary N) is 2. The van der Waals surface area contributed by atoms with E-state index in [1.807, 2.05) is 6.92 Å². The second-order valence-electron chi connectivity index (χ2n) is 6.05. The normalized spacial score (nSPS) is 12.3. The van der Waals surface area contributed by atoms with E-state index >= 15 is 0 Å². The third-order valence-corrected chi connectivity index (χ3v) is 4.51. The van der Waals surface area contributed by atoms with Gasteiger partial charge in [-0.2, -0.15) is 0 Å². The number of rotatable bonds is 5. The van der Waals surface area contributed by atoms with Gasteiger partial charge in [-0.3, -0.25) is 14.2 Å². The minimum absolute atomic E-state index is 0.295. The van der Waals surface area contributed by atoms with Gasteiger partial charge in [0.2, 0.25) is 5.91 Å². The molecule has 0 saturated carbocycles. The summed E-state index contributed by atoms with van der Waals surface area (Å²) in [5.74, 6) is -0.153. The molecule has 1 heterocycles. The fourth-order valence-corrected chi connectivity index (χ4v) is 3.19. The number of carbonyl (C=O) groups is 1. The Morgan fingerprint density at radius 1 is 1.27 bits per heavy atom. The van der Waals surface area contributed by atoms with Crippen LogP contribution in [0.15, 0.2) is 47.3 Å². The van der Waals surface area contributed by atoms with Gasteiger partial charge in [0, 0.05) is 5.56 Å². The van der Waals surface area contributed by atoms with Crippen LogP contribution in [0.2, 0.25) is 5.02 Å². The van der Waals surface area contributed by atoms with Crippen molar-refractivity contribution in [1.29, 1.82) is 0 Å². The number of hydrogen-bond donors (Lipinski definition) is 2. The largest absolute Gasteiger partial charge is 0.366 e. The quantitative estimate of drug-likeness (QED) is 0.720. The molecular weight excluding hydrogens is 352 g/mol. The Morgan fingerprint density at radius 3 is 2.69 bits per heavy atom. The SMILES string of the molecule is CCCC(N)c1nc2cccc(Cl)c2c(=O)n1-c1cccc(C(N)=O)c1. The lowest BCUT2D eigenvalue weighted by Crippen LogP contribution is -2.29. The highest BCUT2D eigenvalue weighted by molar-refractivity contribution is 6.35. The van der Waals surface area contributed by atoms with Gasteiger partial charge < -0.3 is 11.5 Å². The van der Waals surface area contributed by atoms with Gasteiger partial charge in [0.1, 0.15) is 5.82 Å². The summed E-state index contributed by atoms with van der Waals surface area (Å²) in [7, 11) is 0. The fourth-order valence-electron chi connectivity index (χ4n) is 2.94. The van der Waals surface area contributed by atoms with Crippen molar-refractivity contribution in [3.63, 3.8) is 0 Å². The smallest absolute Gasteiger partial charge is 0.267 e. The molecule has 2 aromatic carbocycles. The van der Waals surface area contributed by atoms with E-state index in [4.69, 9.17) is 23.1 Å². The Labute approximate surface area is 155 Å². The molecule has 3 aromatic rings. The van der Waals surface area contributed by atoms with Crippen LogP contribution in [-0.4, -0.2) is 15.5 Å². The molecule has 1 unspecified atom stereocenters. The van der Waals surface area contributed by atoms with Crippen LogP contribution in [0.4, 0.5) is 0 Å². The Kier molecular flexibility index (Phi) is 5.06. The van der Waals surface area contributed by atoms with E-state index in [1.54, 1.807) is 42.5 Å². The maximum Gasteiger partial charge on any atom is 0.267 e. The average molecular weight is 371 g/mol. The first kappa shape index (κ1) is 18.1. The van der Waals surface area contributed by atoms with Crippen molar-refractivity contribution in [1.82, 2.24) is 9.55 Å². The lowest BCUT2D eigenvalue weighted by Gasteiger charge is -2.18. The summed E-state index contributed by atoms with van der Waals surface area (Å²) in [4.78, 5) is 29.4. The minimum Gasteiger partial charge on any atom is -0.366 e. The molecule has 1 aromatic heterocycles. The molecule has 134 valence electrons. The number of aromatic nitrogens is 2. The molecular formula is C19H19ClN4O2. The van der Waals surface area contributed by atoms with Gasteiger partial charge in [0.25, 0.3) is 5.56 Å². The number of halogens is 1. The van der Waals surface area contributed by atoms with Crippen molar-refractivity contribution < 1.29 is 4.79 Å². The van der Waals surface area contributed by atoms with Crippen LogP contribution in [-0.2, 0) is 0 Å². The fraction of sp³-hybridized carbons (Fsp3) is 0.211. The molecule has 0 bridgehead atoms. The molecule has 0 fully saturated rings. The summed E-state index contributed by atoms with van der Waals surface area (Å²) in [5.41, 5.74) is 12.6. The number of hydrogen-bond acceptors (Lipinski definition) is 4. The number of benzene rings is 2. The second-order valence-corrected chi connectivity index (χ2v) is 6.46. The van der Waals surface area contributed by atoms with Gasteiger partial charge in [0.15, 0.2) is 0 Å². The second kappa shape index (κ2) is 7.27. The van der Waals surface area contributed by atoms with Crippen LogP contribution < -0.4 is 17.0 Å². The molecule has 0 aliphatic heterocycles. The summed E-state index contributed by atoms with van der Waals surface area (Å²) >= 11 is 6.24. The van der Waals surface area contributed by atoms with Crippen LogP contribution in [0.25, 0.3) is 16.6 Å². The summed E-state index contributed by atoms with van der Waals surface area (Å²) in [6.07, 6.45) is 1.50. The first-order valence-corrected chi connectivity index (χ1v) is 8.68. The van der Waals surface area contributed by atoms with E-state index in [9.17, 15) is 9.59 Å². The summed E-state index contributed by atoms with van der Waals surface area (Å²) < 4.78 is 1.42. The third-order valence-electron chi connectivity index (χ3n) is 4.19. The predicted molar refractivity (Wildman–Crippen MR) is 103 cm³/mol. The molecule has 0 saturated heterocycles. The van der Waals surface area contributed by atoms with Crippen molar-refractivity contribution in [3.05, 3.63) is 69.2 Å². The molecule has 0 radical (unpaired) electrons. The third kappa shape index (κ3) is 3.21. The highest BCUT2D eigenvalue weighted by Crippen LogP contribution is 2.24. The van der Waals surface area contributed by atoms with Crippen molar-refractivity contribution in [3.8, 4) is 5.69 Å². The Bertz CT molecular complexity index is 1050. The van der Waals surface area contributed by atoms with Crippen LogP contribution >= 0.6 is 11.6 Å². The molecule has 0 spiro atoms. The number of amides is 1. The first-order valence-electron chi connectivity index (χ1n) is 8.31. The summed E-state index contributed by atoms with van der Waals surface area (Å²) in [6.45, 7) is 2.01. The Morgan fingerprint density at radius 2 is 2.00 bits per heavy atom. The van der Waals surface area contributed by atoms with E-state index in [2.05, 4.69) is 4.98 Å². The van der Waals surface area contributed by atoms with Gasteiger partial charge in [-0.25, -0.2) is 4.98 Å². The van der Waals surface area contributed by atoms with Gasteiger partial charge in [0.05, 0.1) is 27.7 Å². The summed E-state index contributed by atoms with van der Waals surface area (Å²) in [6, 6.07) is 11.2. The molecule has 6 nitrogen and oxygen atoms in total. The number of nitrogens with zero attached hydrogens (tertiary/aromatic N) is 2. The molecule has 7 heteroatoms. The standard InChI is InChI=1S/C19H19ClN4O2/c1-2-5-14(21)18-23-15-9-4-8-13(20)16(15)19(26)24(18)12-7-3-6-11(10-12)17(22)25/h3-4,6-10,14H,2,5,21H2,1H3,(H2,22,25). The van der Waals surface area contributed by atoms with Crippen LogP contribution in [0, 0.1) is 0 Å². The molecule has 4 N–H and O–H groups in total. The van der Waals surface area contributed by atoms with Crippen molar-refractivity contribution >= 4 is 28.4 Å². The molecule has 0 aliphatic rings. The minimum atomic E-state index is -0.578. The van der Waals surface area contributed by atoms with Gasteiger partial charge in [-0.1, -0.05) is 37.1 Å². The Balaban J connectivity index is 2.38. The topological polar surface area (TPSA) is 104 Å². The molecule has 3 rings (SSSR count). The van der Waals surface area contributed by atoms with E-state index in [0.717, 1.165) is 6.42 Å². The highest BCUT2D eigenvalue weighted by atomic mass is 35.5. The van der Waals surface area contributed by atoms with Gasteiger partial charge in [-0.15, -0.1) is 0 Å². The maximum absolute atomic E-state index is 13.2. The zero-order valence-corrected chi connectivity index (χ0v) is 15.0. The average Bonchev–Trinajstić information content (AvgIpc) is 2.61. The molecule has 26 heavy (non-hydrogen) atoms. The summed E-state index contributed by atoms with van der Waals surface area (Å²) in [5, 5.41) is 0.626. The van der Waals surface area contributed by atoms with E-state index in [1.165, 1.54) is 4.57 Å². The molecule has 0 aliphatic carbocycles. The molecule has 1 atom stereocenters. The van der Waals surface area contributed by atoms with Gasteiger partial charge in [-0.05, 0) is 36.8 Å². The maximum atomic E-state index is 13.2. The van der Waals surface area contributed by atoms with Crippen LogP contribution in [0.3, 0.4) is 0 Å². The van der Waals surface area contributed by atoms with Crippen molar-refractivity contribution in [2.24, 2.45) is 11.5 Å². The molecule has 1 amide bonds. The number of carbonyl (C=O) groups excluding carboxylic acids is 1. The predicted octanol–water partition coefficient (Wildman–Crippen LogP) is 2.94. The van der Waals surface area contributed by atoms with Gasteiger partial charge >= 0.3 is 0 Å². The van der Waals surface area contributed by atoms with Crippen LogP contribution in [0.5, 0.6) is 0 Å². The van der Waals surface area contributed by atoms with Crippen molar-refractivity contribution in [2.45, 2.75) is 25.8 Å². The zero-order valence-electron chi connectivity index (χ0n) is 14.3. The lowest BCUT2D eigenvalue weighted by molar-refractivity contribution is 0.1000. The monoisotopic (exact) mass is 370 g/mol. The number of fused-ring (bicyclic) bond motifs is 1. The number of primary amides is 1.